The third kappa shape index (κ3) is 7.08. The Bertz CT molecular complexity index is 168. The van der Waals surface area contributed by atoms with Gasteiger partial charge in [-0.3, -0.25) is 0 Å². The topological polar surface area (TPSA) is 12.0 Å². The van der Waals surface area contributed by atoms with Crippen molar-refractivity contribution in [3.05, 3.63) is 0 Å². The molecular formula is C16H33N. The maximum Gasteiger partial charge on any atom is 0.00696 e. The van der Waals surface area contributed by atoms with Crippen LogP contribution < -0.4 is 5.32 Å². The summed E-state index contributed by atoms with van der Waals surface area (Å²) in [6.45, 7) is 8.06. The van der Waals surface area contributed by atoms with Crippen LogP contribution >= 0.6 is 0 Å². The molecular weight excluding hydrogens is 206 g/mol. The predicted molar refractivity (Wildman–Crippen MR) is 77.3 cm³/mol. The van der Waals surface area contributed by atoms with E-state index in [-0.39, 0.29) is 0 Å². The molecule has 0 saturated heterocycles. The largest absolute Gasteiger partial charge is 0.314 e. The van der Waals surface area contributed by atoms with Gasteiger partial charge in [-0.05, 0) is 37.6 Å². The van der Waals surface area contributed by atoms with E-state index in [2.05, 4.69) is 26.1 Å². The summed E-state index contributed by atoms with van der Waals surface area (Å²) in [7, 11) is 0. The zero-order valence-electron chi connectivity index (χ0n) is 12.3. The molecule has 0 radical (unpaired) electrons. The van der Waals surface area contributed by atoms with Crippen molar-refractivity contribution in [1.29, 1.82) is 0 Å². The molecule has 0 aromatic rings. The summed E-state index contributed by atoms with van der Waals surface area (Å²) in [5, 5.41) is 3.71. The van der Waals surface area contributed by atoms with Crippen molar-refractivity contribution < 1.29 is 0 Å². The molecule has 1 fully saturated rings. The second-order valence-electron chi connectivity index (χ2n) is 6.32. The zero-order chi connectivity index (χ0) is 12.5. The molecule has 1 atom stereocenters. The highest BCUT2D eigenvalue weighted by Crippen LogP contribution is 2.27. The monoisotopic (exact) mass is 239 g/mol. The molecule has 0 amide bonds. The summed E-state index contributed by atoms with van der Waals surface area (Å²) in [5.74, 6) is 1.86. The van der Waals surface area contributed by atoms with Gasteiger partial charge in [0.25, 0.3) is 0 Å². The van der Waals surface area contributed by atoms with Gasteiger partial charge in [0.15, 0.2) is 0 Å². The molecule has 1 nitrogen and oxygen atoms in total. The summed E-state index contributed by atoms with van der Waals surface area (Å²) in [5.41, 5.74) is 0. The van der Waals surface area contributed by atoms with Gasteiger partial charge in [0, 0.05) is 6.04 Å². The second-order valence-corrected chi connectivity index (χ2v) is 6.32. The molecule has 1 heteroatoms. The highest BCUT2D eigenvalue weighted by atomic mass is 14.9. The van der Waals surface area contributed by atoms with Gasteiger partial charge in [-0.1, -0.05) is 59.3 Å². The van der Waals surface area contributed by atoms with Crippen LogP contribution in [0.15, 0.2) is 0 Å². The third-order valence-corrected chi connectivity index (χ3v) is 4.18. The Labute approximate surface area is 109 Å². The van der Waals surface area contributed by atoms with Crippen molar-refractivity contribution in [2.45, 2.75) is 84.6 Å². The van der Waals surface area contributed by atoms with E-state index in [1.165, 1.54) is 57.8 Å². The molecule has 0 bridgehead atoms. The van der Waals surface area contributed by atoms with Gasteiger partial charge in [0.2, 0.25) is 0 Å². The Kier molecular flexibility index (Phi) is 7.92. The molecule has 1 aliphatic rings. The number of rotatable bonds is 7. The molecule has 102 valence electrons. The van der Waals surface area contributed by atoms with Crippen LogP contribution in [0.1, 0.15) is 78.6 Å². The zero-order valence-corrected chi connectivity index (χ0v) is 12.3. The van der Waals surface area contributed by atoms with Gasteiger partial charge in [-0.2, -0.15) is 0 Å². The highest BCUT2D eigenvalue weighted by Gasteiger charge is 2.17. The molecule has 1 aliphatic carbocycles. The molecule has 1 saturated carbocycles. The number of hydrogen-bond acceptors (Lipinski definition) is 1. The van der Waals surface area contributed by atoms with Crippen molar-refractivity contribution in [2.24, 2.45) is 11.8 Å². The molecule has 1 N–H and O–H groups in total. The SMILES string of the molecule is CCNC(CCC(C)C)CC1CCCCCC1. The van der Waals surface area contributed by atoms with Crippen LogP contribution in [0.4, 0.5) is 0 Å². The molecule has 0 aromatic carbocycles. The highest BCUT2D eigenvalue weighted by molar-refractivity contribution is 4.74. The average Bonchev–Trinajstić information content (AvgIpc) is 2.55. The van der Waals surface area contributed by atoms with E-state index >= 15 is 0 Å². The summed E-state index contributed by atoms with van der Waals surface area (Å²) in [6.07, 6.45) is 13.1. The lowest BCUT2D eigenvalue weighted by Crippen LogP contribution is -2.31. The van der Waals surface area contributed by atoms with Gasteiger partial charge in [-0.15, -0.1) is 0 Å². The van der Waals surface area contributed by atoms with Crippen molar-refractivity contribution in [2.75, 3.05) is 6.54 Å². The Morgan fingerprint density at radius 2 is 1.65 bits per heavy atom. The first kappa shape index (κ1) is 15.0. The summed E-state index contributed by atoms with van der Waals surface area (Å²) >= 11 is 0. The van der Waals surface area contributed by atoms with Crippen LogP contribution in [0.25, 0.3) is 0 Å². The Hall–Kier alpha value is -0.0400. The molecule has 0 aromatic heterocycles. The normalized spacial score (nSPS) is 20.5. The fourth-order valence-corrected chi connectivity index (χ4v) is 3.13. The van der Waals surface area contributed by atoms with Crippen LogP contribution in [0.2, 0.25) is 0 Å². The van der Waals surface area contributed by atoms with Gasteiger partial charge in [-0.25, -0.2) is 0 Å². The van der Waals surface area contributed by atoms with Crippen molar-refractivity contribution >= 4 is 0 Å². The van der Waals surface area contributed by atoms with Crippen molar-refractivity contribution in [3.63, 3.8) is 0 Å². The first-order valence-electron chi connectivity index (χ1n) is 7.95. The third-order valence-electron chi connectivity index (χ3n) is 4.18. The Morgan fingerprint density at radius 3 is 2.18 bits per heavy atom. The van der Waals surface area contributed by atoms with E-state index in [0.29, 0.717) is 0 Å². The fraction of sp³-hybridized carbons (Fsp3) is 1.00. The molecule has 1 unspecified atom stereocenters. The van der Waals surface area contributed by atoms with Gasteiger partial charge >= 0.3 is 0 Å². The van der Waals surface area contributed by atoms with Crippen LogP contribution in [0.3, 0.4) is 0 Å². The minimum Gasteiger partial charge on any atom is -0.314 e. The predicted octanol–water partition coefficient (Wildman–Crippen LogP) is 4.76. The van der Waals surface area contributed by atoms with Crippen LogP contribution in [0.5, 0.6) is 0 Å². The van der Waals surface area contributed by atoms with Gasteiger partial charge < -0.3 is 5.32 Å². The second kappa shape index (κ2) is 8.97. The molecule has 0 heterocycles. The van der Waals surface area contributed by atoms with Crippen molar-refractivity contribution in [3.8, 4) is 0 Å². The first-order chi connectivity index (χ1) is 8.22. The molecule has 17 heavy (non-hydrogen) atoms. The van der Waals surface area contributed by atoms with E-state index < -0.39 is 0 Å². The summed E-state index contributed by atoms with van der Waals surface area (Å²) in [4.78, 5) is 0. The van der Waals surface area contributed by atoms with Crippen LogP contribution in [-0.2, 0) is 0 Å². The standard InChI is InChI=1S/C16H33N/c1-4-17-16(12-11-14(2)3)13-15-9-7-5-6-8-10-15/h14-17H,4-13H2,1-3H3. The van der Waals surface area contributed by atoms with Gasteiger partial charge in [0.1, 0.15) is 0 Å². The van der Waals surface area contributed by atoms with Gasteiger partial charge in [0.05, 0.1) is 0 Å². The average molecular weight is 239 g/mol. The van der Waals surface area contributed by atoms with Crippen LogP contribution in [0, 0.1) is 11.8 Å². The maximum atomic E-state index is 3.71. The van der Waals surface area contributed by atoms with E-state index in [0.717, 1.165) is 24.4 Å². The number of hydrogen-bond donors (Lipinski definition) is 1. The van der Waals surface area contributed by atoms with Crippen molar-refractivity contribution in [1.82, 2.24) is 5.32 Å². The van der Waals surface area contributed by atoms with E-state index in [9.17, 15) is 0 Å². The number of nitrogens with one attached hydrogen (secondary N) is 1. The van der Waals surface area contributed by atoms with E-state index in [4.69, 9.17) is 0 Å². The Morgan fingerprint density at radius 1 is 1.00 bits per heavy atom. The molecule has 1 rings (SSSR count). The van der Waals surface area contributed by atoms with E-state index in [1.54, 1.807) is 0 Å². The first-order valence-corrected chi connectivity index (χ1v) is 7.95. The minimum absolute atomic E-state index is 0.783. The minimum atomic E-state index is 0.783. The summed E-state index contributed by atoms with van der Waals surface area (Å²) in [6, 6.07) is 0.783. The van der Waals surface area contributed by atoms with Crippen LogP contribution in [-0.4, -0.2) is 12.6 Å². The lowest BCUT2D eigenvalue weighted by Gasteiger charge is -2.24. The molecule has 0 aliphatic heterocycles. The smallest absolute Gasteiger partial charge is 0.00696 e. The van der Waals surface area contributed by atoms with E-state index in [1.807, 2.05) is 0 Å². The summed E-state index contributed by atoms with van der Waals surface area (Å²) < 4.78 is 0. The fourth-order valence-electron chi connectivity index (χ4n) is 3.13. The quantitative estimate of drug-likeness (QED) is 0.632. The lowest BCUT2D eigenvalue weighted by atomic mass is 9.89. The lowest BCUT2D eigenvalue weighted by molar-refractivity contribution is 0.328. The maximum absolute atomic E-state index is 3.71. The molecule has 0 spiro atoms. The Balaban J connectivity index is 2.30.